The van der Waals surface area contributed by atoms with Crippen LogP contribution in [0, 0.1) is 5.95 Å². The lowest BCUT2D eigenvalue weighted by molar-refractivity contribution is 0.0297. The Hall–Kier alpha value is -2.85. The van der Waals surface area contributed by atoms with Crippen LogP contribution in [0.1, 0.15) is 44.9 Å². The number of primary amides is 1. The topological polar surface area (TPSA) is 108 Å². The summed E-state index contributed by atoms with van der Waals surface area (Å²) in [5.74, 6) is -7.39. The predicted octanol–water partition coefficient (Wildman–Crippen LogP) is 0.424. The minimum Gasteiger partial charge on any atom is -0.365 e. The maximum absolute atomic E-state index is 15.0. The van der Waals surface area contributed by atoms with Crippen LogP contribution >= 0.6 is 0 Å². The summed E-state index contributed by atoms with van der Waals surface area (Å²) in [5, 5.41) is 9.59. The fourth-order valence-corrected chi connectivity index (χ4v) is 2.43. The number of hydrogen-bond acceptors (Lipinski definition) is 4. The lowest BCUT2D eigenvalue weighted by Crippen LogP contribution is -2.30. The van der Waals surface area contributed by atoms with Gasteiger partial charge in [-0.15, -0.1) is 0 Å². The molecule has 0 bridgehead atoms. The van der Waals surface area contributed by atoms with Crippen molar-refractivity contribution in [1.29, 1.82) is 0 Å². The Kier molecular flexibility index (Phi) is 3.81. The maximum Gasteiger partial charge on any atom is 0.336 e. The van der Waals surface area contributed by atoms with E-state index in [9.17, 15) is 22.8 Å². The summed E-state index contributed by atoms with van der Waals surface area (Å²) >= 11 is 0. The van der Waals surface area contributed by atoms with Gasteiger partial charge in [-0.3, -0.25) is 14.3 Å². The lowest BCUT2D eigenvalue weighted by Gasteiger charge is -2.14. The third-order valence-electron chi connectivity index (χ3n) is 3.80. The third kappa shape index (κ3) is 2.85. The Morgan fingerprint density at radius 2 is 1.92 bits per heavy atom. The number of aromatic nitrogens is 4. The van der Waals surface area contributed by atoms with Gasteiger partial charge in [0, 0.05) is 26.3 Å². The number of nitrogens with one attached hydrogen (secondary N) is 1. The highest BCUT2D eigenvalue weighted by Crippen LogP contribution is 2.38. The van der Waals surface area contributed by atoms with Gasteiger partial charge >= 0.3 is 5.92 Å². The van der Waals surface area contributed by atoms with Crippen LogP contribution in [0.3, 0.4) is 0 Å². The van der Waals surface area contributed by atoms with Crippen LogP contribution in [-0.4, -0.2) is 37.4 Å². The Labute approximate surface area is 139 Å². The molecule has 2 heterocycles. The number of halogens is 3. The van der Waals surface area contributed by atoms with E-state index in [4.69, 9.17) is 5.73 Å². The van der Waals surface area contributed by atoms with Gasteiger partial charge in [-0.25, -0.2) is 4.68 Å². The number of aryl methyl sites for hydroxylation is 2. The van der Waals surface area contributed by atoms with Crippen LogP contribution in [-0.2, 0) is 20.0 Å². The van der Waals surface area contributed by atoms with Crippen LogP contribution in [0.4, 0.5) is 13.2 Å². The van der Waals surface area contributed by atoms with E-state index in [1.807, 2.05) is 0 Å². The molecule has 1 saturated carbocycles. The summed E-state index contributed by atoms with van der Waals surface area (Å²) in [6.45, 7) is 0. The van der Waals surface area contributed by atoms with E-state index in [0.29, 0.717) is 4.68 Å². The molecule has 2 aromatic rings. The Morgan fingerprint density at radius 3 is 2.48 bits per heavy atom. The zero-order valence-electron chi connectivity index (χ0n) is 13.4. The molecule has 0 radical (unpaired) electrons. The molecule has 1 aliphatic carbocycles. The summed E-state index contributed by atoms with van der Waals surface area (Å²) in [5.41, 5.74) is 1.50. The van der Waals surface area contributed by atoms with Crippen LogP contribution in [0.25, 0.3) is 0 Å². The van der Waals surface area contributed by atoms with Crippen LogP contribution < -0.4 is 11.1 Å². The Balaban J connectivity index is 2.11. The standard InChI is InChI=1S/C14H15F3N6O2/c1-22-5-7(13(25)19-6-3-4-6)9(20-22)14(16,17)10-8(12(18)24)11(15)23(2)21-10/h5-6H,3-4H2,1-2H3,(H2,18,24)(H,19,25). The summed E-state index contributed by atoms with van der Waals surface area (Å²) < 4.78 is 45.4. The number of carbonyl (C=O) groups is 2. The Bertz CT molecular complexity index is 868. The predicted molar refractivity (Wildman–Crippen MR) is 78.4 cm³/mol. The van der Waals surface area contributed by atoms with Crippen molar-refractivity contribution in [2.45, 2.75) is 24.8 Å². The van der Waals surface area contributed by atoms with Crippen molar-refractivity contribution in [3.05, 3.63) is 34.7 Å². The van der Waals surface area contributed by atoms with Gasteiger partial charge in [-0.2, -0.15) is 23.4 Å². The average Bonchev–Trinajstić information content (AvgIpc) is 3.14. The largest absolute Gasteiger partial charge is 0.365 e. The van der Waals surface area contributed by atoms with Gasteiger partial charge in [0.25, 0.3) is 11.8 Å². The van der Waals surface area contributed by atoms with E-state index in [1.54, 1.807) is 0 Å². The van der Waals surface area contributed by atoms with Gasteiger partial charge < -0.3 is 11.1 Å². The molecule has 11 heteroatoms. The highest BCUT2D eigenvalue weighted by Gasteiger charge is 2.47. The number of nitrogens with two attached hydrogens (primary N) is 1. The first-order valence-corrected chi connectivity index (χ1v) is 7.38. The maximum atomic E-state index is 15.0. The first-order chi connectivity index (χ1) is 11.6. The fraction of sp³-hybridized carbons (Fsp3) is 0.429. The van der Waals surface area contributed by atoms with Crippen molar-refractivity contribution in [3.8, 4) is 0 Å². The first-order valence-electron chi connectivity index (χ1n) is 7.38. The van der Waals surface area contributed by atoms with E-state index in [-0.39, 0.29) is 11.6 Å². The second-order valence-electron chi connectivity index (χ2n) is 5.89. The van der Waals surface area contributed by atoms with Crippen LogP contribution in [0.15, 0.2) is 6.20 Å². The summed E-state index contributed by atoms with van der Waals surface area (Å²) in [6.07, 6.45) is 2.67. The number of hydrogen-bond donors (Lipinski definition) is 2. The van der Waals surface area contributed by atoms with Crippen molar-refractivity contribution in [2.24, 2.45) is 19.8 Å². The monoisotopic (exact) mass is 356 g/mol. The van der Waals surface area contributed by atoms with E-state index >= 15 is 0 Å². The molecule has 3 N–H and O–H groups in total. The van der Waals surface area contributed by atoms with E-state index in [2.05, 4.69) is 15.5 Å². The summed E-state index contributed by atoms with van der Waals surface area (Å²) in [4.78, 5) is 23.6. The van der Waals surface area contributed by atoms with E-state index < -0.39 is 40.6 Å². The summed E-state index contributed by atoms with van der Waals surface area (Å²) in [6, 6.07) is -0.0531. The first kappa shape index (κ1) is 17.0. The molecule has 2 amide bonds. The molecule has 0 saturated heterocycles. The zero-order valence-corrected chi connectivity index (χ0v) is 13.4. The second-order valence-corrected chi connectivity index (χ2v) is 5.89. The molecular weight excluding hydrogens is 341 g/mol. The van der Waals surface area contributed by atoms with Crippen LogP contribution in [0.2, 0.25) is 0 Å². The minimum atomic E-state index is -4.00. The second kappa shape index (κ2) is 5.60. The molecule has 0 atom stereocenters. The van der Waals surface area contributed by atoms with Crippen molar-refractivity contribution in [3.63, 3.8) is 0 Å². The number of rotatable bonds is 5. The molecular formula is C14H15F3N6O2. The van der Waals surface area contributed by atoms with Crippen molar-refractivity contribution in [1.82, 2.24) is 24.9 Å². The molecule has 3 rings (SSSR count). The van der Waals surface area contributed by atoms with Gasteiger partial charge in [0.15, 0.2) is 11.4 Å². The lowest BCUT2D eigenvalue weighted by atomic mass is 10.0. The molecule has 0 aromatic carbocycles. The van der Waals surface area contributed by atoms with E-state index in [1.165, 1.54) is 7.05 Å². The van der Waals surface area contributed by atoms with Crippen molar-refractivity contribution >= 4 is 11.8 Å². The molecule has 1 fully saturated rings. The normalized spacial score (nSPS) is 14.6. The van der Waals surface area contributed by atoms with Crippen molar-refractivity contribution in [2.75, 3.05) is 0 Å². The van der Waals surface area contributed by atoms with Gasteiger partial charge in [0.05, 0.1) is 5.56 Å². The molecule has 0 unspecified atom stereocenters. The van der Waals surface area contributed by atoms with Gasteiger partial charge in [-0.1, -0.05) is 0 Å². The minimum absolute atomic E-state index is 0.0531. The number of amides is 2. The Morgan fingerprint density at radius 1 is 1.28 bits per heavy atom. The van der Waals surface area contributed by atoms with Crippen molar-refractivity contribution < 1.29 is 22.8 Å². The molecule has 0 aliphatic heterocycles. The van der Waals surface area contributed by atoms with Gasteiger partial charge in [0.1, 0.15) is 5.56 Å². The third-order valence-corrected chi connectivity index (χ3v) is 3.80. The molecule has 1 aliphatic rings. The van der Waals surface area contributed by atoms with E-state index in [0.717, 1.165) is 30.8 Å². The van der Waals surface area contributed by atoms with Gasteiger partial charge in [0.2, 0.25) is 5.95 Å². The summed E-state index contributed by atoms with van der Waals surface area (Å²) in [7, 11) is 2.42. The van der Waals surface area contributed by atoms with Crippen LogP contribution in [0.5, 0.6) is 0 Å². The number of carbonyl (C=O) groups excluding carboxylic acids is 2. The van der Waals surface area contributed by atoms with Gasteiger partial charge in [-0.05, 0) is 12.8 Å². The highest BCUT2D eigenvalue weighted by molar-refractivity contribution is 5.97. The fourth-order valence-electron chi connectivity index (χ4n) is 2.43. The number of alkyl halides is 2. The number of nitrogens with zero attached hydrogens (tertiary/aromatic N) is 4. The molecule has 25 heavy (non-hydrogen) atoms. The SMILES string of the molecule is Cn1cc(C(=O)NC2CC2)c(C(F)(F)c2nn(C)c(F)c2C(N)=O)n1. The molecule has 8 nitrogen and oxygen atoms in total. The molecule has 2 aromatic heterocycles. The zero-order chi connectivity index (χ0) is 18.5. The molecule has 0 spiro atoms. The highest BCUT2D eigenvalue weighted by atomic mass is 19.3. The quantitative estimate of drug-likeness (QED) is 0.810. The smallest absolute Gasteiger partial charge is 0.336 e. The average molecular weight is 356 g/mol. The molecule has 134 valence electrons.